The fraction of sp³-hybridized carbons (Fsp3) is 0.667. The van der Waals surface area contributed by atoms with Crippen LogP contribution in [0.3, 0.4) is 0 Å². The average molecular weight is 462 g/mol. The number of aliphatic carboxylic acids is 1. The van der Waals surface area contributed by atoms with Crippen molar-refractivity contribution in [1.82, 2.24) is 15.2 Å². The number of cyclic esters (lactones) is 1. The van der Waals surface area contributed by atoms with Crippen LogP contribution in [0.2, 0.25) is 0 Å². The molecule has 9 nitrogen and oxygen atoms in total. The van der Waals surface area contributed by atoms with Crippen LogP contribution in [0.1, 0.15) is 64.9 Å². The van der Waals surface area contributed by atoms with Crippen LogP contribution in [0.15, 0.2) is 18.3 Å². The summed E-state index contributed by atoms with van der Waals surface area (Å²) in [4.78, 5) is 43.5. The third-order valence-electron chi connectivity index (χ3n) is 6.16. The Labute approximate surface area is 194 Å². The number of aromatic nitrogens is 1. The summed E-state index contributed by atoms with van der Waals surface area (Å²) in [5, 5.41) is 12.5. The predicted molar refractivity (Wildman–Crippen MR) is 121 cm³/mol. The number of hydrogen-bond donors (Lipinski definition) is 2. The minimum Gasteiger partial charge on any atom is -0.480 e. The zero-order valence-corrected chi connectivity index (χ0v) is 19.7. The van der Waals surface area contributed by atoms with Gasteiger partial charge in [-0.2, -0.15) is 0 Å². The molecule has 2 N–H and O–H groups in total. The number of amides is 2. The van der Waals surface area contributed by atoms with Gasteiger partial charge in [0.05, 0.1) is 13.2 Å². The topological polar surface area (TPSA) is 118 Å². The Bertz CT molecular complexity index is 853. The van der Waals surface area contributed by atoms with Gasteiger partial charge in [0.1, 0.15) is 18.2 Å². The number of ether oxygens (including phenoxy) is 2. The summed E-state index contributed by atoms with van der Waals surface area (Å²) in [7, 11) is 0. The first-order chi connectivity index (χ1) is 15.7. The van der Waals surface area contributed by atoms with E-state index in [1.54, 1.807) is 6.20 Å². The summed E-state index contributed by atoms with van der Waals surface area (Å²) in [5.74, 6) is -1.06. The molecule has 1 aromatic rings. The second kappa shape index (κ2) is 10.9. The van der Waals surface area contributed by atoms with Crippen molar-refractivity contribution in [2.45, 2.75) is 83.9 Å². The molecule has 3 heterocycles. The maximum atomic E-state index is 13.5. The fourth-order valence-electron chi connectivity index (χ4n) is 4.33. The Kier molecular flexibility index (Phi) is 8.15. The van der Waals surface area contributed by atoms with Gasteiger partial charge in [0.25, 0.3) is 0 Å². The number of nitrogens with one attached hydrogen (secondary N) is 1. The molecule has 1 saturated heterocycles. The van der Waals surface area contributed by atoms with E-state index in [0.29, 0.717) is 5.88 Å². The van der Waals surface area contributed by atoms with Gasteiger partial charge < -0.3 is 24.8 Å². The zero-order valence-electron chi connectivity index (χ0n) is 19.7. The van der Waals surface area contributed by atoms with Gasteiger partial charge in [0.2, 0.25) is 11.8 Å². The molecule has 2 amide bonds. The van der Waals surface area contributed by atoms with Crippen molar-refractivity contribution in [2.24, 2.45) is 5.41 Å². The van der Waals surface area contributed by atoms with Crippen LogP contribution >= 0.6 is 0 Å². The Morgan fingerprint density at radius 2 is 1.91 bits per heavy atom. The molecule has 0 spiro atoms. The van der Waals surface area contributed by atoms with Crippen LogP contribution in [-0.4, -0.2) is 64.3 Å². The van der Waals surface area contributed by atoms with Gasteiger partial charge >= 0.3 is 12.1 Å². The van der Waals surface area contributed by atoms with Gasteiger partial charge in [-0.3, -0.25) is 4.79 Å². The fourth-order valence-corrected chi connectivity index (χ4v) is 4.33. The van der Waals surface area contributed by atoms with Crippen LogP contribution in [0.25, 0.3) is 0 Å². The van der Waals surface area contributed by atoms with E-state index >= 15 is 0 Å². The number of hydrogen-bond acceptors (Lipinski definition) is 6. The molecule has 182 valence electrons. The number of carbonyl (C=O) groups is 3. The highest BCUT2D eigenvalue weighted by Gasteiger charge is 2.46. The molecule has 33 heavy (non-hydrogen) atoms. The second-order valence-electron chi connectivity index (χ2n) is 9.88. The van der Waals surface area contributed by atoms with Crippen LogP contribution in [0.5, 0.6) is 5.88 Å². The zero-order chi connectivity index (χ0) is 24.0. The van der Waals surface area contributed by atoms with Crippen molar-refractivity contribution in [3.8, 4) is 5.88 Å². The maximum absolute atomic E-state index is 13.5. The first-order valence-electron chi connectivity index (χ1n) is 11.7. The lowest BCUT2D eigenvalue weighted by Gasteiger charge is -2.34. The smallest absolute Gasteiger partial charge is 0.407 e. The second-order valence-corrected chi connectivity index (χ2v) is 9.88. The van der Waals surface area contributed by atoms with Crippen LogP contribution < -0.4 is 10.1 Å². The number of fused-ring (bicyclic) bond motifs is 3. The monoisotopic (exact) mass is 461 g/mol. The summed E-state index contributed by atoms with van der Waals surface area (Å²) in [6, 6.07) is 1.87. The number of nitrogens with zero attached hydrogens (tertiary/aromatic N) is 2. The summed E-state index contributed by atoms with van der Waals surface area (Å²) in [5.41, 5.74) is 0.339. The van der Waals surface area contributed by atoms with Crippen LogP contribution in [-0.2, 0) is 20.7 Å². The molecule has 2 bridgehead atoms. The third kappa shape index (κ3) is 6.58. The third-order valence-corrected chi connectivity index (χ3v) is 6.16. The predicted octanol–water partition coefficient (Wildman–Crippen LogP) is 3.16. The van der Waals surface area contributed by atoms with Crippen LogP contribution in [0, 0.1) is 5.41 Å². The van der Waals surface area contributed by atoms with Crippen molar-refractivity contribution in [3.63, 3.8) is 0 Å². The molecule has 9 heteroatoms. The molecule has 2 aliphatic rings. The van der Waals surface area contributed by atoms with Gasteiger partial charge in [-0.15, -0.1) is 0 Å². The quantitative estimate of drug-likeness (QED) is 0.659. The Morgan fingerprint density at radius 1 is 1.18 bits per heavy atom. The first-order valence-corrected chi connectivity index (χ1v) is 11.7. The summed E-state index contributed by atoms with van der Waals surface area (Å²) in [6.45, 7) is 5.85. The molecule has 1 fully saturated rings. The van der Waals surface area contributed by atoms with E-state index in [1.807, 2.05) is 32.9 Å². The lowest BCUT2D eigenvalue weighted by Crippen LogP contribution is -2.57. The van der Waals surface area contributed by atoms with E-state index in [9.17, 15) is 19.5 Å². The number of pyridine rings is 1. The maximum Gasteiger partial charge on any atom is 0.407 e. The number of rotatable bonds is 1. The molecule has 0 unspecified atom stereocenters. The standard InChI is InChI=1S/C24H35N3O6/c1-24(2,3)19-21(28)27-15-17(14-18(27)22(29)30)33-20-16(11-9-12-25-20)10-7-5-4-6-8-13-32-23(31)26-19/h9,11-12,17-19H,4-8,10,13-15H2,1-3H3,(H,26,31)(H,29,30)/t17-,18+,19-/m1/s1. The summed E-state index contributed by atoms with van der Waals surface area (Å²) in [6.07, 6.45) is 6.19. The number of alkyl carbamates (subject to hydrolysis) is 1. The molecule has 0 saturated carbocycles. The van der Waals surface area contributed by atoms with Gasteiger partial charge in [-0.05, 0) is 30.7 Å². The van der Waals surface area contributed by atoms with E-state index in [1.165, 1.54) is 4.90 Å². The average Bonchev–Trinajstić information content (AvgIpc) is 3.17. The van der Waals surface area contributed by atoms with Gasteiger partial charge in [0.15, 0.2) is 0 Å². The Balaban J connectivity index is 1.87. The highest BCUT2D eigenvalue weighted by atomic mass is 16.5. The molecule has 1 aromatic heterocycles. The Morgan fingerprint density at radius 3 is 2.64 bits per heavy atom. The Hall–Kier alpha value is -2.84. The van der Waals surface area contributed by atoms with Gasteiger partial charge in [-0.1, -0.05) is 46.1 Å². The molecule has 2 aliphatic heterocycles. The number of carbonyl (C=O) groups excluding carboxylic acids is 2. The summed E-state index contributed by atoms with van der Waals surface area (Å²) < 4.78 is 11.4. The molecule has 3 atom stereocenters. The van der Waals surface area contributed by atoms with E-state index in [2.05, 4.69) is 10.3 Å². The highest BCUT2D eigenvalue weighted by Crippen LogP contribution is 2.29. The minimum atomic E-state index is -1.10. The minimum absolute atomic E-state index is 0.106. The van der Waals surface area contributed by atoms with Gasteiger partial charge in [-0.25, -0.2) is 14.6 Å². The van der Waals surface area contributed by atoms with Crippen molar-refractivity contribution in [3.05, 3.63) is 23.9 Å². The van der Waals surface area contributed by atoms with Gasteiger partial charge in [0, 0.05) is 18.2 Å². The molecule has 3 rings (SSSR count). The lowest BCUT2D eigenvalue weighted by atomic mass is 9.85. The first kappa shape index (κ1) is 24.8. The normalized spacial score (nSPS) is 25.7. The molecule has 0 aliphatic carbocycles. The van der Waals surface area contributed by atoms with Crippen molar-refractivity contribution < 1.29 is 29.0 Å². The highest BCUT2D eigenvalue weighted by molar-refractivity contribution is 5.90. The lowest BCUT2D eigenvalue weighted by molar-refractivity contribution is -0.150. The molecular weight excluding hydrogens is 426 g/mol. The number of carboxylic acid groups (broad SMARTS) is 1. The molecule has 0 radical (unpaired) electrons. The van der Waals surface area contributed by atoms with Crippen LogP contribution in [0.4, 0.5) is 4.79 Å². The van der Waals surface area contributed by atoms with Crippen molar-refractivity contribution in [2.75, 3.05) is 13.2 Å². The SMILES string of the molecule is CC(C)(C)[C@@H]1NC(=O)OCCCCCCCc2cccnc2O[C@@H]2C[C@@H](C(=O)O)N(C2)C1=O. The number of aryl methyl sites for hydroxylation is 1. The van der Waals surface area contributed by atoms with E-state index in [0.717, 1.165) is 44.1 Å². The molecular formula is C24H35N3O6. The van der Waals surface area contributed by atoms with Crippen molar-refractivity contribution in [1.29, 1.82) is 0 Å². The largest absolute Gasteiger partial charge is 0.480 e. The van der Waals surface area contributed by atoms with E-state index < -0.39 is 41.6 Å². The van der Waals surface area contributed by atoms with E-state index in [-0.39, 0.29) is 19.6 Å². The van der Waals surface area contributed by atoms with E-state index in [4.69, 9.17) is 9.47 Å². The molecule has 0 aromatic carbocycles. The summed E-state index contributed by atoms with van der Waals surface area (Å²) >= 11 is 0. The van der Waals surface area contributed by atoms with Crippen molar-refractivity contribution >= 4 is 18.0 Å². The number of carboxylic acids is 1.